The number of nitrogens with zero attached hydrogens (tertiary/aromatic N) is 1. The zero-order chi connectivity index (χ0) is 13.0. The average Bonchev–Trinajstić information content (AvgIpc) is 2.34. The van der Waals surface area contributed by atoms with Crippen LogP contribution in [0.4, 0.5) is 4.79 Å². The maximum absolute atomic E-state index is 10.5. The SMILES string of the molecule is NC(=O)Oc1ccc(Oc2ccc(Br)cc2)cn1. The summed E-state index contributed by atoms with van der Waals surface area (Å²) in [5.41, 5.74) is 4.86. The number of amides is 1. The number of rotatable bonds is 3. The van der Waals surface area contributed by atoms with Crippen LogP contribution in [0.1, 0.15) is 0 Å². The van der Waals surface area contributed by atoms with E-state index in [1.807, 2.05) is 24.3 Å². The average molecular weight is 309 g/mol. The topological polar surface area (TPSA) is 74.4 Å². The molecule has 1 heterocycles. The monoisotopic (exact) mass is 308 g/mol. The molecule has 2 N–H and O–H groups in total. The van der Waals surface area contributed by atoms with Crippen LogP contribution in [0.25, 0.3) is 0 Å². The molecule has 0 unspecified atom stereocenters. The number of hydrogen-bond donors (Lipinski definition) is 1. The van der Waals surface area contributed by atoms with Gasteiger partial charge in [-0.3, -0.25) is 0 Å². The lowest BCUT2D eigenvalue weighted by Crippen LogP contribution is -2.16. The number of carbonyl (C=O) groups excluding carboxylic acids is 1. The molecule has 18 heavy (non-hydrogen) atoms. The molecule has 0 atom stereocenters. The lowest BCUT2D eigenvalue weighted by Gasteiger charge is -2.05. The lowest BCUT2D eigenvalue weighted by molar-refractivity contribution is 0.209. The first-order chi connectivity index (χ1) is 8.63. The van der Waals surface area contributed by atoms with Gasteiger partial charge in [-0.2, -0.15) is 0 Å². The van der Waals surface area contributed by atoms with Crippen molar-refractivity contribution in [2.75, 3.05) is 0 Å². The Hall–Kier alpha value is -2.08. The van der Waals surface area contributed by atoms with E-state index in [1.54, 1.807) is 6.07 Å². The van der Waals surface area contributed by atoms with Gasteiger partial charge in [0.05, 0.1) is 6.20 Å². The van der Waals surface area contributed by atoms with E-state index < -0.39 is 6.09 Å². The zero-order valence-electron chi connectivity index (χ0n) is 9.17. The Bertz CT molecular complexity index is 540. The van der Waals surface area contributed by atoms with Crippen molar-refractivity contribution in [3.05, 3.63) is 47.1 Å². The molecule has 92 valence electrons. The van der Waals surface area contributed by atoms with Gasteiger partial charge in [0.15, 0.2) is 0 Å². The zero-order valence-corrected chi connectivity index (χ0v) is 10.8. The van der Waals surface area contributed by atoms with Gasteiger partial charge in [0.1, 0.15) is 11.5 Å². The van der Waals surface area contributed by atoms with Gasteiger partial charge >= 0.3 is 6.09 Å². The minimum Gasteiger partial charge on any atom is -0.456 e. The smallest absolute Gasteiger partial charge is 0.411 e. The fourth-order valence-electron chi connectivity index (χ4n) is 1.23. The van der Waals surface area contributed by atoms with Crippen LogP contribution in [0, 0.1) is 0 Å². The first-order valence-electron chi connectivity index (χ1n) is 5.00. The lowest BCUT2D eigenvalue weighted by atomic mass is 10.3. The van der Waals surface area contributed by atoms with Crippen molar-refractivity contribution in [1.29, 1.82) is 0 Å². The van der Waals surface area contributed by atoms with E-state index in [0.29, 0.717) is 11.5 Å². The third-order valence-electron chi connectivity index (χ3n) is 1.96. The van der Waals surface area contributed by atoms with E-state index in [4.69, 9.17) is 10.5 Å². The van der Waals surface area contributed by atoms with E-state index >= 15 is 0 Å². The summed E-state index contributed by atoms with van der Waals surface area (Å²) < 4.78 is 11.1. The summed E-state index contributed by atoms with van der Waals surface area (Å²) in [4.78, 5) is 14.4. The summed E-state index contributed by atoms with van der Waals surface area (Å²) in [5.74, 6) is 1.35. The summed E-state index contributed by atoms with van der Waals surface area (Å²) >= 11 is 3.34. The van der Waals surface area contributed by atoms with Crippen molar-refractivity contribution in [3.8, 4) is 17.4 Å². The molecule has 5 nitrogen and oxygen atoms in total. The number of pyridine rings is 1. The van der Waals surface area contributed by atoms with Gasteiger partial charge in [-0.15, -0.1) is 0 Å². The molecule has 0 fully saturated rings. The van der Waals surface area contributed by atoms with E-state index in [2.05, 4.69) is 25.7 Å². The predicted octanol–water partition coefficient (Wildman–Crippen LogP) is 3.09. The summed E-state index contributed by atoms with van der Waals surface area (Å²) in [6.45, 7) is 0. The van der Waals surface area contributed by atoms with Crippen molar-refractivity contribution in [1.82, 2.24) is 4.98 Å². The minimum absolute atomic E-state index is 0.130. The summed E-state index contributed by atoms with van der Waals surface area (Å²) in [7, 11) is 0. The number of carbonyl (C=O) groups is 1. The predicted molar refractivity (Wildman–Crippen MR) is 68.7 cm³/mol. The summed E-state index contributed by atoms with van der Waals surface area (Å²) in [6.07, 6.45) is 0.546. The molecule has 1 aromatic carbocycles. The van der Waals surface area contributed by atoms with Gasteiger partial charge < -0.3 is 15.2 Å². The van der Waals surface area contributed by atoms with Crippen molar-refractivity contribution >= 4 is 22.0 Å². The molecule has 2 aromatic rings. The molecule has 1 aromatic heterocycles. The second-order valence-electron chi connectivity index (χ2n) is 3.31. The van der Waals surface area contributed by atoms with E-state index in [-0.39, 0.29) is 5.88 Å². The molecular weight excluding hydrogens is 300 g/mol. The molecule has 2 rings (SSSR count). The Labute approximate surface area is 112 Å². The Balaban J connectivity index is 2.06. The highest BCUT2D eigenvalue weighted by Gasteiger charge is 2.02. The quantitative estimate of drug-likeness (QED) is 0.945. The standard InChI is InChI=1S/C12H9BrN2O3/c13-8-1-3-9(4-2-8)17-10-5-6-11(15-7-10)18-12(14)16/h1-7H,(H2,14,16). The number of aromatic nitrogens is 1. The molecule has 1 amide bonds. The summed E-state index contributed by atoms with van der Waals surface area (Å²) in [5, 5.41) is 0. The van der Waals surface area contributed by atoms with Crippen molar-refractivity contribution < 1.29 is 14.3 Å². The highest BCUT2D eigenvalue weighted by Crippen LogP contribution is 2.23. The molecule has 0 radical (unpaired) electrons. The number of hydrogen-bond acceptors (Lipinski definition) is 4. The van der Waals surface area contributed by atoms with Crippen molar-refractivity contribution in [2.45, 2.75) is 0 Å². The largest absolute Gasteiger partial charge is 0.456 e. The first kappa shape index (κ1) is 12.4. The Morgan fingerprint density at radius 3 is 2.33 bits per heavy atom. The van der Waals surface area contributed by atoms with Crippen LogP contribution in [0.15, 0.2) is 47.1 Å². The number of ether oxygens (including phenoxy) is 2. The molecule has 0 aliphatic rings. The minimum atomic E-state index is -0.899. The van der Waals surface area contributed by atoms with Gasteiger partial charge in [0.2, 0.25) is 5.88 Å². The number of halogens is 1. The van der Waals surface area contributed by atoms with Crippen molar-refractivity contribution in [2.24, 2.45) is 5.73 Å². The molecule has 0 aliphatic carbocycles. The summed E-state index contributed by atoms with van der Waals surface area (Å²) in [6, 6.07) is 10.5. The molecule has 0 aliphatic heterocycles. The molecule has 0 saturated heterocycles. The van der Waals surface area contributed by atoms with Crippen molar-refractivity contribution in [3.63, 3.8) is 0 Å². The molecule has 0 spiro atoms. The van der Waals surface area contributed by atoms with Crippen LogP contribution in [0.5, 0.6) is 17.4 Å². The van der Waals surface area contributed by atoms with E-state index in [9.17, 15) is 4.79 Å². The van der Waals surface area contributed by atoms with Crippen LogP contribution in [-0.2, 0) is 0 Å². The number of primary amides is 1. The highest BCUT2D eigenvalue weighted by atomic mass is 79.9. The van der Waals surface area contributed by atoms with Gasteiger partial charge in [0.25, 0.3) is 0 Å². The van der Waals surface area contributed by atoms with Gasteiger partial charge in [0, 0.05) is 10.5 Å². The molecule has 0 bridgehead atoms. The molecule has 6 heteroatoms. The first-order valence-corrected chi connectivity index (χ1v) is 5.79. The Morgan fingerprint density at radius 2 is 1.78 bits per heavy atom. The van der Waals surface area contributed by atoms with E-state index in [0.717, 1.165) is 4.47 Å². The van der Waals surface area contributed by atoms with Crippen LogP contribution < -0.4 is 15.2 Å². The number of nitrogens with two attached hydrogens (primary N) is 1. The van der Waals surface area contributed by atoms with Gasteiger partial charge in [-0.05, 0) is 30.3 Å². The third kappa shape index (κ3) is 3.46. The van der Waals surface area contributed by atoms with E-state index in [1.165, 1.54) is 12.3 Å². The third-order valence-corrected chi connectivity index (χ3v) is 2.49. The Kier molecular flexibility index (Phi) is 3.78. The fourth-order valence-corrected chi connectivity index (χ4v) is 1.49. The van der Waals surface area contributed by atoms with Gasteiger partial charge in [-0.1, -0.05) is 15.9 Å². The van der Waals surface area contributed by atoms with Crippen LogP contribution in [0.2, 0.25) is 0 Å². The molecular formula is C12H9BrN2O3. The number of benzene rings is 1. The second-order valence-corrected chi connectivity index (χ2v) is 4.22. The maximum Gasteiger partial charge on any atom is 0.411 e. The van der Waals surface area contributed by atoms with Gasteiger partial charge in [-0.25, -0.2) is 9.78 Å². The second kappa shape index (κ2) is 5.50. The highest BCUT2D eigenvalue weighted by molar-refractivity contribution is 9.10. The fraction of sp³-hybridized carbons (Fsp3) is 0. The van der Waals surface area contributed by atoms with Crippen LogP contribution >= 0.6 is 15.9 Å². The molecule has 0 saturated carbocycles. The normalized spacial score (nSPS) is 9.83. The maximum atomic E-state index is 10.5. The van der Waals surface area contributed by atoms with Crippen LogP contribution in [0.3, 0.4) is 0 Å². The Morgan fingerprint density at radius 1 is 1.11 bits per heavy atom. The van der Waals surface area contributed by atoms with Crippen LogP contribution in [-0.4, -0.2) is 11.1 Å².